The highest BCUT2D eigenvalue weighted by Gasteiger charge is 2.44. The summed E-state index contributed by atoms with van der Waals surface area (Å²) >= 11 is 5.94. The van der Waals surface area contributed by atoms with Gasteiger partial charge in [-0.2, -0.15) is 0 Å². The van der Waals surface area contributed by atoms with E-state index >= 15 is 0 Å². The molecule has 0 spiro atoms. The molecule has 4 aromatic carbocycles. The third-order valence-corrected chi connectivity index (χ3v) is 6.92. The molecule has 1 aliphatic heterocycles. The van der Waals surface area contributed by atoms with Crippen molar-refractivity contribution in [2.45, 2.75) is 18.5 Å². The normalized spacial score (nSPS) is 16.6. The molecule has 5 rings (SSSR count). The number of carbonyl (C=O) groups excluding carboxylic acids is 2. The smallest absolute Gasteiger partial charge is 0.255 e. The minimum atomic E-state index is -0.818. The van der Waals surface area contributed by atoms with Crippen molar-refractivity contribution in [3.05, 3.63) is 130 Å². The second-order valence-corrected chi connectivity index (χ2v) is 9.37. The lowest BCUT2D eigenvalue weighted by Gasteiger charge is -2.42. The molecule has 0 fully saturated rings. The SMILES string of the molecule is COc1ccc(C2C(C(=O)Nc3ccc(F)c(Cl)c3)c3ccccc3C(=O)N2Cc2ccc(F)cc2)cc1. The van der Waals surface area contributed by atoms with E-state index in [0.717, 1.165) is 0 Å². The maximum Gasteiger partial charge on any atom is 0.255 e. The van der Waals surface area contributed by atoms with Crippen molar-refractivity contribution in [3.63, 3.8) is 0 Å². The van der Waals surface area contributed by atoms with Gasteiger partial charge in [-0.1, -0.05) is 54.1 Å². The van der Waals surface area contributed by atoms with E-state index < -0.39 is 23.7 Å². The Morgan fingerprint density at radius 2 is 1.68 bits per heavy atom. The summed E-state index contributed by atoms with van der Waals surface area (Å²) in [5, 5.41) is 2.73. The van der Waals surface area contributed by atoms with Gasteiger partial charge in [0, 0.05) is 17.8 Å². The fourth-order valence-electron chi connectivity index (χ4n) is 4.80. The van der Waals surface area contributed by atoms with Gasteiger partial charge in [0.2, 0.25) is 5.91 Å². The van der Waals surface area contributed by atoms with E-state index in [1.54, 1.807) is 60.5 Å². The van der Waals surface area contributed by atoms with Crippen LogP contribution in [0.25, 0.3) is 0 Å². The lowest BCUT2D eigenvalue weighted by atomic mass is 9.79. The van der Waals surface area contributed by atoms with Crippen molar-refractivity contribution < 1.29 is 23.1 Å². The molecule has 8 heteroatoms. The first-order valence-electron chi connectivity index (χ1n) is 11.9. The molecule has 1 N–H and O–H groups in total. The van der Waals surface area contributed by atoms with Gasteiger partial charge in [0.15, 0.2) is 0 Å². The first kappa shape index (κ1) is 25.4. The zero-order chi connectivity index (χ0) is 26.8. The summed E-state index contributed by atoms with van der Waals surface area (Å²) in [5.41, 5.74) is 2.72. The van der Waals surface area contributed by atoms with Crippen LogP contribution in [-0.4, -0.2) is 23.8 Å². The maximum atomic E-state index is 13.9. The van der Waals surface area contributed by atoms with Gasteiger partial charge in [0.1, 0.15) is 17.4 Å². The fraction of sp³-hybridized carbons (Fsp3) is 0.133. The molecule has 38 heavy (non-hydrogen) atoms. The van der Waals surface area contributed by atoms with E-state index in [9.17, 15) is 18.4 Å². The third kappa shape index (κ3) is 4.97. The Labute approximate surface area is 223 Å². The number of anilines is 1. The van der Waals surface area contributed by atoms with Gasteiger partial charge in [-0.15, -0.1) is 0 Å². The van der Waals surface area contributed by atoms with E-state index in [0.29, 0.717) is 33.7 Å². The van der Waals surface area contributed by atoms with E-state index in [4.69, 9.17) is 16.3 Å². The standard InChI is InChI=1S/C30H23ClF2N2O3/c1-38-22-13-8-19(9-14-22)28-27(29(36)34-21-12-15-26(33)25(31)16-21)23-4-2-3-5-24(23)30(37)35(28)17-18-6-10-20(32)11-7-18/h2-16,27-28H,17H2,1H3,(H,34,36). The zero-order valence-electron chi connectivity index (χ0n) is 20.3. The molecule has 192 valence electrons. The molecular weight excluding hydrogens is 510 g/mol. The number of methoxy groups -OCH3 is 1. The number of fused-ring (bicyclic) bond motifs is 1. The van der Waals surface area contributed by atoms with Gasteiger partial charge in [-0.25, -0.2) is 8.78 Å². The number of nitrogens with one attached hydrogen (secondary N) is 1. The summed E-state index contributed by atoms with van der Waals surface area (Å²) in [6, 6.07) is 23.3. The predicted molar refractivity (Wildman–Crippen MR) is 141 cm³/mol. The predicted octanol–water partition coefficient (Wildman–Crippen LogP) is 6.75. The molecule has 0 aliphatic carbocycles. The van der Waals surface area contributed by atoms with Crippen LogP contribution in [-0.2, 0) is 11.3 Å². The van der Waals surface area contributed by atoms with Gasteiger partial charge in [0.05, 0.1) is 24.1 Å². The highest BCUT2D eigenvalue weighted by atomic mass is 35.5. The van der Waals surface area contributed by atoms with Crippen LogP contribution in [0.15, 0.2) is 91.0 Å². The molecule has 0 radical (unpaired) electrons. The number of carbonyl (C=O) groups is 2. The lowest BCUT2D eigenvalue weighted by Crippen LogP contribution is -2.45. The van der Waals surface area contributed by atoms with Crippen LogP contribution >= 0.6 is 11.6 Å². The molecule has 2 atom stereocenters. The van der Waals surface area contributed by atoms with E-state index in [-0.39, 0.29) is 23.3 Å². The quantitative estimate of drug-likeness (QED) is 0.299. The second kappa shape index (κ2) is 10.6. The molecule has 0 saturated carbocycles. The van der Waals surface area contributed by atoms with Crippen LogP contribution in [0.3, 0.4) is 0 Å². The second-order valence-electron chi connectivity index (χ2n) is 8.96. The number of ether oxygens (including phenoxy) is 1. The van der Waals surface area contributed by atoms with Crippen LogP contribution < -0.4 is 10.1 Å². The number of halogens is 3. The van der Waals surface area contributed by atoms with E-state index in [2.05, 4.69) is 5.32 Å². The molecule has 0 aromatic heterocycles. The van der Waals surface area contributed by atoms with Crippen LogP contribution in [0, 0.1) is 11.6 Å². The monoisotopic (exact) mass is 532 g/mol. The fourth-order valence-corrected chi connectivity index (χ4v) is 4.98. The Kier molecular flexibility index (Phi) is 7.11. The van der Waals surface area contributed by atoms with E-state index in [1.165, 1.54) is 30.3 Å². The number of rotatable bonds is 6. The summed E-state index contributed by atoms with van der Waals surface area (Å²) < 4.78 is 32.6. The minimum absolute atomic E-state index is 0.119. The van der Waals surface area contributed by atoms with Gasteiger partial charge < -0.3 is 15.0 Å². The summed E-state index contributed by atoms with van der Waals surface area (Å²) in [4.78, 5) is 29.4. The molecule has 2 unspecified atom stereocenters. The van der Waals surface area contributed by atoms with Gasteiger partial charge >= 0.3 is 0 Å². The summed E-state index contributed by atoms with van der Waals surface area (Å²) in [5.74, 6) is -1.81. The average Bonchev–Trinajstić information content (AvgIpc) is 2.93. The van der Waals surface area contributed by atoms with Crippen LogP contribution in [0.2, 0.25) is 5.02 Å². The Bertz CT molecular complexity index is 1490. The molecule has 1 heterocycles. The van der Waals surface area contributed by atoms with Crippen molar-refractivity contribution in [1.29, 1.82) is 0 Å². The van der Waals surface area contributed by atoms with Crippen molar-refractivity contribution in [1.82, 2.24) is 4.90 Å². The average molecular weight is 533 g/mol. The molecule has 4 aromatic rings. The zero-order valence-corrected chi connectivity index (χ0v) is 21.1. The van der Waals surface area contributed by atoms with Crippen molar-refractivity contribution in [2.75, 3.05) is 12.4 Å². The van der Waals surface area contributed by atoms with Crippen LogP contribution in [0.5, 0.6) is 5.75 Å². The van der Waals surface area contributed by atoms with Crippen molar-refractivity contribution >= 4 is 29.1 Å². The van der Waals surface area contributed by atoms with Crippen LogP contribution in [0.1, 0.15) is 39.0 Å². The number of hydrogen-bond acceptors (Lipinski definition) is 3. The van der Waals surface area contributed by atoms with E-state index in [1.807, 2.05) is 12.1 Å². The Hall–Kier alpha value is -4.23. The number of amides is 2. The molecule has 5 nitrogen and oxygen atoms in total. The van der Waals surface area contributed by atoms with Crippen molar-refractivity contribution in [2.24, 2.45) is 0 Å². The van der Waals surface area contributed by atoms with Crippen molar-refractivity contribution in [3.8, 4) is 5.75 Å². The highest BCUT2D eigenvalue weighted by molar-refractivity contribution is 6.31. The molecule has 1 aliphatic rings. The maximum absolute atomic E-state index is 13.9. The van der Waals surface area contributed by atoms with Gasteiger partial charge in [-0.05, 0) is 65.2 Å². The molecule has 0 bridgehead atoms. The number of benzene rings is 4. The first-order chi connectivity index (χ1) is 18.4. The Morgan fingerprint density at radius 3 is 2.37 bits per heavy atom. The van der Waals surface area contributed by atoms with Crippen LogP contribution in [0.4, 0.5) is 14.5 Å². The lowest BCUT2D eigenvalue weighted by molar-refractivity contribution is -0.119. The number of hydrogen-bond donors (Lipinski definition) is 1. The Morgan fingerprint density at radius 1 is 0.974 bits per heavy atom. The number of nitrogens with zero attached hydrogens (tertiary/aromatic N) is 1. The van der Waals surface area contributed by atoms with Gasteiger partial charge in [0.25, 0.3) is 5.91 Å². The Balaban J connectivity index is 1.63. The molecule has 2 amide bonds. The van der Waals surface area contributed by atoms with Gasteiger partial charge in [-0.3, -0.25) is 9.59 Å². The first-order valence-corrected chi connectivity index (χ1v) is 12.3. The largest absolute Gasteiger partial charge is 0.497 e. The molecular formula is C30H23ClF2N2O3. The summed E-state index contributed by atoms with van der Waals surface area (Å²) in [6.07, 6.45) is 0. The molecule has 0 saturated heterocycles. The minimum Gasteiger partial charge on any atom is -0.497 e. The third-order valence-electron chi connectivity index (χ3n) is 6.63. The highest BCUT2D eigenvalue weighted by Crippen LogP contribution is 2.44. The topological polar surface area (TPSA) is 58.6 Å². The summed E-state index contributed by atoms with van der Waals surface area (Å²) in [7, 11) is 1.56. The summed E-state index contributed by atoms with van der Waals surface area (Å²) in [6.45, 7) is 0.149.